The Morgan fingerprint density at radius 2 is 2.33 bits per heavy atom. The van der Waals surface area contributed by atoms with Crippen molar-refractivity contribution in [3.8, 4) is 0 Å². The van der Waals surface area contributed by atoms with Crippen LogP contribution in [-0.4, -0.2) is 28.8 Å². The summed E-state index contributed by atoms with van der Waals surface area (Å²) >= 11 is 3.20. The van der Waals surface area contributed by atoms with Gasteiger partial charge in [-0.2, -0.15) is 0 Å². The molecule has 2 amide bonds. The molecule has 0 spiro atoms. The molecule has 2 aliphatic rings. The first-order chi connectivity index (χ1) is 5.66. The van der Waals surface area contributed by atoms with E-state index in [2.05, 4.69) is 36.9 Å². The predicted octanol–water partition coefficient (Wildman–Crippen LogP) is -0.675. The van der Waals surface area contributed by atoms with Gasteiger partial charge < -0.3 is 5.32 Å². The quantitative estimate of drug-likeness (QED) is 0.329. The molecule has 4 N–H and O–H groups in total. The Hall–Kier alpha value is -0.950. The molecule has 1 saturated heterocycles. The Morgan fingerprint density at radius 3 is 3.08 bits per heavy atom. The summed E-state index contributed by atoms with van der Waals surface area (Å²) in [5.74, 6) is 0.0539. The molecule has 2 atom stereocenters. The van der Waals surface area contributed by atoms with Crippen LogP contribution in [0.3, 0.4) is 0 Å². The van der Waals surface area contributed by atoms with Gasteiger partial charge in [0.25, 0.3) is 0 Å². The van der Waals surface area contributed by atoms with E-state index in [0.717, 1.165) is 0 Å². The lowest BCUT2D eigenvalue weighted by atomic mass is 10.2. The van der Waals surface area contributed by atoms with E-state index in [1.807, 2.05) is 0 Å². The van der Waals surface area contributed by atoms with Crippen molar-refractivity contribution >= 4 is 33.5 Å². The van der Waals surface area contributed by atoms with E-state index < -0.39 is 0 Å². The minimum Gasteiger partial charge on any atom is -0.317 e. The van der Waals surface area contributed by atoms with Crippen LogP contribution in [0.5, 0.6) is 0 Å². The molecule has 1 fully saturated rings. The maximum absolute atomic E-state index is 10.8. The fourth-order valence-electron chi connectivity index (χ4n) is 1.11. The zero-order valence-corrected chi connectivity index (χ0v) is 7.47. The summed E-state index contributed by atoms with van der Waals surface area (Å²) in [5.41, 5.74) is 0.525. The molecule has 0 aromatic heterocycles. The third kappa shape index (κ3) is 1.10. The molecule has 0 aromatic rings. The predicted molar refractivity (Wildman–Crippen MR) is 46.5 cm³/mol. The summed E-state index contributed by atoms with van der Waals surface area (Å²) in [7, 11) is 0. The fraction of sp³-hybridized carbons (Fsp3) is 0.400. The molecular formula is C5H6BrN5O. The van der Waals surface area contributed by atoms with Crippen molar-refractivity contribution in [2.45, 2.75) is 11.2 Å². The minimum atomic E-state index is -0.377. The van der Waals surface area contributed by atoms with Crippen LogP contribution in [-0.2, 0) is 0 Å². The SMILES string of the molecule is N=C1NC(=O)NC2NC(Br)N=C12. The van der Waals surface area contributed by atoms with Gasteiger partial charge in [-0.15, -0.1) is 0 Å². The number of halogens is 1. The fourth-order valence-corrected chi connectivity index (χ4v) is 1.60. The van der Waals surface area contributed by atoms with Gasteiger partial charge >= 0.3 is 6.03 Å². The van der Waals surface area contributed by atoms with E-state index in [4.69, 9.17) is 5.41 Å². The second-order valence-electron chi connectivity index (χ2n) is 2.42. The van der Waals surface area contributed by atoms with Crippen LogP contribution in [0.1, 0.15) is 0 Å². The van der Waals surface area contributed by atoms with E-state index in [-0.39, 0.29) is 23.1 Å². The average molecular weight is 232 g/mol. The summed E-state index contributed by atoms with van der Waals surface area (Å²) in [6.07, 6.45) is -0.337. The summed E-state index contributed by atoms with van der Waals surface area (Å²) in [4.78, 5) is 14.9. The first-order valence-corrected chi connectivity index (χ1v) is 4.22. The van der Waals surface area contributed by atoms with Crippen molar-refractivity contribution in [3.63, 3.8) is 0 Å². The van der Waals surface area contributed by atoms with Crippen molar-refractivity contribution in [2.24, 2.45) is 4.99 Å². The van der Waals surface area contributed by atoms with Crippen LogP contribution in [0, 0.1) is 5.41 Å². The number of amidine groups is 1. The normalized spacial score (nSPS) is 33.6. The summed E-state index contributed by atoms with van der Waals surface area (Å²) in [5, 5.41) is 15.0. The zero-order chi connectivity index (χ0) is 8.72. The largest absolute Gasteiger partial charge is 0.321 e. The van der Waals surface area contributed by atoms with Crippen molar-refractivity contribution in [3.05, 3.63) is 0 Å². The van der Waals surface area contributed by atoms with Gasteiger partial charge in [-0.3, -0.25) is 21.0 Å². The standard InChI is InChI=1S/C5H6BrN5O/c6-4-8-1-2(7)9-5(12)11-3(1)10-4/h3-4,10H,(H3,7,9,11,12). The molecule has 0 aliphatic carbocycles. The minimum absolute atomic E-state index is 0.0539. The summed E-state index contributed by atoms with van der Waals surface area (Å²) < 4.78 is 0. The topological polar surface area (TPSA) is 89.4 Å². The number of urea groups is 1. The molecule has 12 heavy (non-hydrogen) atoms. The number of nitrogens with one attached hydrogen (secondary N) is 4. The monoisotopic (exact) mass is 231 g/mol. The Labute approximate surface area is 76.4 Å². The van der Waals surface area contributed by atoms with Crippen molar-refractivity contribution < 1.29 is 4.79 Å². The highest BCUT2D eigenvalue weighted by molar-refractivity contribution is 9.09. The van der Waals surface area contributed by atoms with Crippen LogP contribution in [0.4, 0.5) is 4.79 Å². The Bertz CT molecular complexity index is 288. The van der Waals surface area contributed by atoms with E-state index in [1.54, 1.807) is 0 Å². The molecular weight excluding hydrogens is 226 g/mol. The van der Waals surface area contributed by atoms with Gasteiger partial charge in [0.15, 0.2) is 10.9 Å². The molecule has 2 aliphatic heterocycles. The first kappa shape index (κ1) is 7.69. The second-order valence-corrected chi connectivity index (χ2v) is 3.29. The van der Waals surface area contributed by atoms with Crippen molar-refractivity contribution in [2.75, 3.05) is 0 Å². The molecule has 2 heterocycles. The summed E-state index contributed by atoms with van der Waals surface area (Å²) in [6, 6.07) is -0.377. The molecule has 7 heteroatoms. The van der Waals surface area contributed by atoms with E-state index in [9.17, 15) is 4.79 Å². The van der Waals surface area contributed by atoms with E-state index in [1.165, 1.54) is 0 Å². The lowest BCUT2D eigenvalue weighted by Crippen LogP contribution is -2.61. The third-order valence-corrected chi connectivity index (χ3v) is 2.07. The van der Waals surface area contributed by atoms with E-state index >= 15 is 0 Å². The number of nitrogens with zero attached hydrogens (tertiary/aromatic N) is 1. The molecule has 0 saturated carbocycles. The number of rotatable bonds is 0. The van der Waals surface area contributed by atoms with Crippen LogP contribution in [0.2, 0.25) is 0 Å². The van der Waals surface area contributed by atoms with Crippen LogP contribution in [0.25, 0.3) is 0 Å². The van der Waals surface area contributed by atoms with Gasteiger partial charge in [0, 0.05) is 0 Å². The molecule has 0 aromatic carbocycles. The molecule has 2 unspecified atom stereocenters. The maximum Gasteiger partial charge on any atom is 0.321 e. The Balaban J connectivity index is 2.26. The van der Waals surface area contributed by atoms with Gasteiger partial charge in [0.2, 0.25) is 0 Å². The number of amides is 2. The number of hydrogen-bond acceptors (Lipinski definition) is 4. The lowest BCUT2D eigenvalue weighted by molar-refractivity contribution is 0.242. The van der Waals surface area contributed by atoms with Gasteiger partial charge in [-0.1, -0.05) is 0 Å². The van der Waals surface area contributed by atoms with E-state index in [0.29, 0.717) is 5.71 Å². The van der Waals surface area contributed by atoms with Crippen molar-refractivity contribution in [1.29, 1.82) is 5.41 Å². The van der Waals surface area contributed by atoms with Crippen LogP contribution in [0.15, 0.2) is 4.99 Å². The maximum atomic E-state index is 10.8. The van der Waals surface area contributed by atoms with Gasteiger partial charge in [0.1, 0.15) is 11.9 Å². The zero-order valence-electron chi connectivity index (χ0n) is 5.89. The number of aliphatic imine (C=N–C) groups is 1. The smallest absolute Gasteiger partial charge is 0.317 e. The van der Waals surface area contributed by atoms with Crippen LogP contribution < -0.4 is 16.0 Å². The summed E-state index contributed by atoms with van der Waals surface area (Å²) in [6.45, 7) is 0. The number of carbonyl (C=O) groups is 1. The molecule has 0 bridgehead atoms. The number of carbonyl (C=O) groups excluding carboxylic acids is 1. The highest BCUT2D eigenvalue weighted by atomic mass is 79.9. The molecule has 64 valence electrons. The lowest BCUT2D eigenvalue weighted by Gasteiger charge is -2.22. The van der Waals surface area contributed by atoms with Gasteiger partial charge in [0.05, 0.1) is 0 Å². The first-order valence-electron chi connectivity index (χ1n) is 3.31. The molecule has 6 nitrogen and oxygen atoms in total. The Kier molecular flexibility index (Phi) is 1.62. The van der Waals surface area contributed by atoms with Gasteiger partial charge in [-0.25, -0.2) is 4.79 Å². The van der Waals surface area contributed by atoms with Crippen LogP contribution >= 0.6 is 15.9 Å². The highest BCUT2D eigenvalue weighted by Gasteiger charge is 2.34. The van der Waals surface area contributed by atoms with Gasteiger partial charge in [-0.05, 0) is 15.9 Å². The molecule has 2 rings (SSSR count). The number of hydrogen-bond donors (Lipinski definition) is 4. The number of alkyl halides is 1. The third-order valence-electron chi connectivity index (χ3n) is 1.60. The highest BCUT2D eigenvalue weighted by Crippen LogP contribution is 2.10. The Morgan fingerprint density at radius 1 is 1.58 bits per heavy atom. The number of fused-ring (bicyclic) bond motifs is 1. The van der Waals surface area contributed by atoms with Crippen molar-refractivity contribution in [1.82, 2.24) is 16.0 Å². The molecule has 0 radical (unpaired) electrons. The average Bonchev–Trinajstić information content (AvgIpc) is 2.29. The second kappa shape index (κ2) is 2.53.